The number of nitrogens with zero attached hydrogens (tertiary/aromatic N) is 3. The second-order valence-electron chi connectivity index (χ2n) is 6.13. The zero-order valence-corrected chi connectivity index (χ0v) is 14.2. The van der Waals surface area contributed by atoms with Crippen LogP contribution >= 0.6 is 0 Å². The van der Waals surface area contributed by atoms with Crippen molar-refractivity contribution >= 4 is 11.2 Å². The number of hydrogen-bond acceptors (Lipinski definition) is 1. The van der Waals surface area contributed by atoms with Gasteiger partial charge in [-0.15, -0.1) is 0 Å². The van der Waals surface area contributed by atoms with Crippen molar-refractivity contribution in [1.82, 2.24) is 9.55 Å². The molecule has 0 radical (unpaired) electrons. The van der Waals surface area contributed by atoms with E-state index in [-0.39, 0.29) is 0 Å². The van der Waals surface area contributed by atoms with Crippen LogP contribution in [0.2, 0.25) is 0 Å². The molecular formula is C21H20N3+. The lowest BCUT2D eigenvalue weighted by Crippen LogP contribution is -2.32. The average molecular weight is 314 g/mol. The molecule has 3 nitrogen and oxygen atoms in total. The number of aryl methyl sites for hydroxylation is 3. The number of para-hydroxylation sites is 1. The molecule has 0 bridgehead atoms. The maximum absolute atomic E-state index is 4.83. The van der Waals surface area contributed by atoms with Crippen molar-refractivity contribution in [2.24, 2.45) is 7.05 Å². The van der Waals surface area contributed by atoms with Crippen molar-refractivity contribution in [3.05, 3.63) is 78.1 Å². The Hall–Kier alpha value is -2.94. The minimum absolute atomic E-state index is 0.994. The van der Waals surface area contributed by atoms with E-state index >= 15 is 0 Å². The van der Waals surface area contributed by atoms with Crippen LogP contribution in [0.1, 0.15) is 11.4 Å². The highest BCUT2D eigenvalue weighted by Gasteiger charge is 2.21. The lowest BCUT2D eigenvalue weighted by Gasteiger charge is -2.08. The van der Waals surface area contributed by atoms with E-state index in [1.807, 2.05) is 6.07 Å². The Labute approximate surface area is 141 Å². The largest absolute Gasteiger partial charge is 0.349 e. The lowest BCUT2D eigenvalue weighted by molar-refractivity contribution is -0.635. The first-order chi connectivity index (χ1) is 11.7. The Morgan fingerprint density at radius 1 is 0.833 bits per heavy atom. The number of aromatic nitrogens is 3. The van der Waals surface area contributed by atoms with Crippen molar-refractivity contribution in [3.8, 4) is 16.9 Å². The molecule has 0 saturated heterocycles. The number of pyridine rings is 1. The van der Waals surface area contributed by atoms with E-state index in [0.717, 1.165) is 22.7 Å². The second kappa shape index (κ2) is 5.60. The van der Waals surface area contributed by atoms with E-state index in [9.17, 15) is 0 Å². The molecule has 2 aromatic carbocycles. The first-order valence-electron chi connectivity index (χ1n) is 8.16. The molecule has 0 spiro atoms. The van der Waals surface area contributed by atoms with Crippen LogP contribution in [0.5, 0.6) is 0 Å². The number of imidazole rings is 1. The van der Waals surface area contributed by atoms with Gasteiger partial charge in [0, 0.05) is 18.2 Å². The molecule has 0 saturated carbocycles. The summed E-state index contributed by atoms with van der Waals surface area (Å²) in [5.74, 6) is 0.994. The fourth-order valence-electron chi connectivity index (χ4n) is 3.35. The Bertz CT molecular complexity index is 1030. The second-order valence-corrected chi connectivity index (χ2v) is 6.13. The summed E-state index contributed by atoms with van der Waals surface area (Å²) in [6.45, 7) is 4.20. The van der Waals surface area contributed by atoms with E-state index in [1.165, 1.54) is 16.8 Å². The molecule has 24 heavy (non-hydrogen) atoms. The maximum Gasteiger partial charge on any atom is 0.349 e. The van der Waals surface area contributed by atoms with Gasteiger partial charge in [-0.2, -0.15) is 0 Å². The van der Waals surface area contributed by atoms with Gasteiger partial charge in [-0.1, -0.05) is 42.5 Å². The van der Waals surface area contributed by atoms with Crippen LogP contribution in [-0.4, -0.2) is 9.55 Å². The van der Waals surface area contributed by atoms with Crippen LogP contribution in [0.3, 0.4) is 0 Å². The van der Waals surface area contributed by atoms with Crippen LogP contribution in [0.4, 0.5) is 0 Å². The minimum Gasteiger partial charge on any atom is -0.270 e. The Kier molecular flexibility index (Phi) is 3.42. The molecule has 0 unspecified atom stereocenters. The molecule has 2 aromatic heterocycles. The third-order valence-electron chi connectivity index (χ3n) is 4.57. The van der Waals surface area contributed by atoms with Gasteiger partial charge < -0.3 is 0 Å². The normalized spacial score (nSPS) is 11.1. The predicted octanol–water partition coefficient (Wildman–Crippen LogP) is 4.13. The third kappa shape index (κ3) is 2.21. The maximum atomic E-state index is 4.83. The van der Waals surface area contributed by atoms with E-state index < -0.39 is 0 Å². The molecule has 0 aliphatic heterocycles. The number of fused-ring (bicyclic) bond motifs is 1. The van der Waals surface area contributed by atoms with Gasteiger partial charge in [0.25, 0.3) is 0 Å². The quantitative estimate of drug-likeness (QED) is 0.510. The molecule has 0 aliphatic rings. The van der Waals surface area contributed by atoms with Gasteiger partial charge in [0.05, 0.1) is 7.05 Å². The van der Waals surface area contributed by atoms with Gasteiger partial charge in [0.15, 0.2) is 0 Å². The highest BCUT2D eigenvalue weighted by atomic mass is 15.1. The highest BCUT2D eigenvalue weighted by Crippen LogP contribution is 2.24. The molecule has 0 N–H and O–H groups in total. The van der Waals surface area contributed by atoms with Gasteiger partial charge >= 0.3 is 5.65 Å². The van der Waals surface area contributed by atoms with Gasteiger partial charge in [0.1, 0.15) is 11.2 Å². The summed E-state index contributed by atoms with van der Waals surface area (Å²) in [4.78, 5) is 4.83. The van der Waals surface area contributed by atoms with Gasteiger partial charge in [-0.25, -0.2) is 4.57 Å². The average Bonchev–Trinajstić information content (AvgIpc) is 2.94. The first-order valence-corrected chi connectivity index (χ1v) is 8.16. The Morgan fingerprint density at radius 2 is 1.54 bits per heavy atom. The zero-order valence-electron chi connectivity index (χ0n) is 14.2. The molecule has 2 heterocycles. The number of hydrogen-bond donors (Lipinski definition) is 0. The predicted molar refractivity (Wildman–Crippen MR) is 97.2 cm³/mol. The van der Waals surface area contributed by atoms with Crippen molar-refractivity contribution in [3.63, 3.8) is 0 Å². The lowest BCUT2D eigenvalue weighted by atomic mass is 10.0. The van der Waals surface area contributed by atoms with Crippen LogP contribution in [0.25, 0.3) is 28.1 Å². The summed E-state index contributed by atoms with van der Waals surface area (Å²) in [6.07, 6.45) is 0. The smallest absolute Gasteiger partial charge is 0.270 e. The molecular weight excluding hydrogens is 294 g/mol. The van der Waals surface area contributed by atoms with Crippen LogP contribution in [0, 0.1) is 13.8 Å². The van der Waals surface area contributed by atoms with Crippen molar-refractivity contribution in [2.45, 2.75) is 13.8 Å². The van der Waals surface area contributed by atoms with Crippen molar-refractivity contribution in [1.29, 1.82) is 0 Å². The molecule has 3 heteroatoms. The van der Waals surface area contributed by atoms with E-state index in [0.29, 0.717) is 0 Å². The molecule has 4 aromatic rings. The first kappa shape index (κ1) is 14.6. The van der Waals surface area contributed by atoms with Crippen LogP contribution in [-0.2, 0) is 7.05 Å². The number of rotatable bonds is 2. The highest BCUT2D eigenvalue weighted by molar-refractivity contribution is 5.74. The summed E-state index contributed by atoms with van der Waals surface area (Å²) in [6, 6.07) is 23.2. The Morgan fingerprint density at radius 3 is 2.29 bits per heavy atom. The molecule has 4 rings (SSSR count). The molecule has 0 fully saturated rings. The topological polar surface area (TPSA) is 21.7 Å². The summed E-state index contributed by atoms with van der Waals surface area (Å²) >= 11 is 0. The molecule has 0 amide bonds. The van der Waals surface area contributed by atoms with E-state index in [1.54, 1.807) is 0 Å². The molecule has 118 valence electrons. The van der Waals surface area contributed by atoms with E-state index in [4.69, 9.17) is 4.98 Å². The van der Waals surface area contributed by atoms with Gasteiger partial charge in [0.2, 0.25) is 5.82 Å². The fourth-order valence-corrected chi connectivity index (χ4v) is 3.35. The standard InChI is InChI=1S/C21H20N3/c1-15-9-7-8-12-18(15)19-13-14-20-21(23(19)3)22-16(2)24(20)17-10-5-4-6-11-17/h4-14H,1-3H3/q+1. The van der Waals surface area contributed by atoms with Crippen LogP contribution in [0.15, 0.2) is 66.7 Å². The molecule has 0 atom stereocenters. The van der Waals surface area contributed by atoms with Gasteiger partial charge in [-0.3, -0.25) is 4.57 Å². The zero-order chi connectivity index (χ0) is 16.7. The summed E-state index contributed by atoms with van der Waals surface area (Å²) in [7, 11) is 2.09. The van der Waals surface area contributed by atoms with Crippen LogP contribution < -0.4 is 4.57 Å². The summed E-state index contributed by atoms with van der Waals surface area (Å²) in [5.41, 5.74) is 6.95. The number of benzene rings is 2. The summed E-state index contributed by atoms with van der Waals surface area (Å²) < 4.78 is 4.39. The monoisotopic (exact) mass is 314 g/mol. The molecule has 0 aliphatic carbocycles. The van der Waals surface area contributed by atoms with Crippen molar-refractivity contribution in [2.75, 3.05) is 0 Å². The SMILES string of the molecule is Cc1ccccc1-c1ccc2c(nc(C)n2-c2ccccc2)[n+]1C. The van der Waals surface area contributed by atoms with Crippen molar-refractivity contribution < 1.29 is 4.57 Å². The summed E-state index contributed by atoms with van der Waals surface area (Å²) in [5, 5.41) is 0. The third-order valence-corrected chi connectivity index (χ3v) is 4.57. The minimum atomic E-state index is 0.994. The Balaban J connectivity index is 1.98. The fraction of sp³-hybridized carbons (Fsp3) is 0.143. The van der Waals surface area contributed by atoms with E-state index in [2.05, 4.69) is 90.7 Å². The van der Waals surface area contributed by atoms with Gasteiger partial charge in [-0.05, 0) is 41.7 Å².